The van der Waals surface area contributed by atoms with Crippen molar-refractivity contribution < 1.29 is 9.59 Å². The lowest BCUT2D eigenvalue weighted by atomic mass is 10.1. The Morgan fingerprint density at radius 2 is 1.79 bits per heavy atom. The number of hydrogen-bond acceptors (Lipinski definition) is 3. The van der Waals surface area contributed by atoms with Gasteiger partial charge in [-0.05, 0) is 44.9 Å². The fourth-order valence-corrected chi connectivity index (χ4v) is 3.63. The predicted octanol–water partition coefficient (Wildman–Crippen LogP) is 4.34. The Morgan fingerprint density at radius 1 is 1.07 bits per heavy atom. The van der Waals surface area contributed by atoms with E-state index in [0.717, 1.165) is 22.4 Å². The topological polar surface area (TPSA) is 49.4 Å². The van der Waals surface area contributed by atoms with Crippen molar-refractivity contribution in [2.75, 3.05) is 12.3 Å². The molecule has 0 unspecified atom stereocenters. The van der Waals surface area contributed by atoms with E-state index < -0.39 is 6.04 Å². The van der Waals surface area contributed by atoms with Gasteiger partial charge in [-0.1, -0.05) is 54.4 Å². The molecule has 2 aromatic rings. The molecule has 0 saturated heterocycles. The summed E-state index contributed by atoms with van der Waals surface area (Å²) in [6, 6.07) is 15.7. The molecule has 0 aliphatic carbocycles. The number of nitrogens with one attached hydrogen (secondary N) is 1. The van der Waals surface area contributed by atoms with Crippen molar-refractivity contribution in [2.24, 2.45) is 0 Å². The second kappa shape index (κ2) is 10.9. The highest BCUT2D eigenvalue weighted by Crippen LogP contribution is 2.20. The number of amides is 2. The summed E-state index contributed by atoms with van der Waals surface area (Å²) in [6.07, 6.45) is 0.869. The normalized spacial score (nSPS) is 11.7. The molecule has 0 aliphatic heterocycles. The molecule has 0 bridgehead atoms. The molecule has 0 radical (unpaired) electrons. The second-order valence-electron chi connectivity index (χ2n) is 7.08. The maximum atomic E-state index is 13.0. The van der Waals surface area contributed by atoms with E-state index in [1.807, 2.05) is 63.2 Å². The number of hydrogen-bond donors (Lipinski definition) is 1. The average Bonchev–Trinajstić information content (AvgIpc) is 2.69. The Morgan fingerprint density at radius 3 is 2.43 bits per heavy atom. The van der Waals surface area contributed by atoms with Gasteiger partial charge in [-0.25, -0.2) is 0 Å². The highest BCUT2D eigenvalue weighted by Gasteiger charge is 2.25. The van der Waals surface area contributed by atoms with Crippen molar-refractivity contribution in [1.29, 1.82) is 0 Å². The first-order valence-corrected chi connectivity index (χ1v) is 10.7. The van der Waals surface area contributed by atoms with Crippen molar-refractivity contribution >= 4 is 23.6 Å². The Bertz CT molecular complexity index is 789. The van der Waals surface area contributed by atoms with Crippen molar-refractivity contribution in [3.63, 3.8) is 0 Å². The molecule has 1 atom stereocenters. The summed E-state index contributed by atoms with van der Waals surface area (Å²) in [5.41, 5.74) is 3.36. The first kappa shape index (κ1) is 22.0. The minimum atomic E-state index is -0.516. The van der Waals surface area contributed by atoms with Gasteiger partial charge in [0.05, 0.1) is 5.75 Å². The summed E-state index contributed by atoms with van der Waals surface area (Å²) < 4.78 is 0. The molecular weight excluding hydrogens is 368 g/mol. The number of nitrogens with zero attached hydrogens (tertiary/aromatic N) is 1. The Balaban J connectivity index is 2.12. The van der Waals surface area contributed by atoms with Crippen molar-refractivity contribution in [1.82, 2.24) is 10.2 Å². The standard InChI is InChI=1S/C23H30N2O2S/c1-5-13-24-23(27)19(4)25(15-20-8-6-7-18(3)14-20)22(26)16-28-21-11-9-17(2)10-12-21/h6-12,14,19H,5,13,15-16H2,1-4H3,(H,24,27)/t19-/m0/s1. The van der Waals surface area contributed by atoms with E-state index in [4.69, 9.17) is 0 Å². The number of rotatable bonds is 9. The van der Waals surface area contributed by atoms with Crippen LogP contribution in [0.3, 0.4) is 0 Å². The van der Waals surface area contributed by atoms with E-state index >= 15 is 0 Å². The van der Waals surface area contributed by atoms with Gasteiger partial charge in [0.15, 0.2) is 0 Å². The Kier molecular flexibility index (Phi) is 8.58. The van der Waals surface area contributed by atoms with Gasteiger partial charge in [-0.2, -0.15) is 0 Å². The van der Waals surface area contributed by atoms with Crippen LogP contribution in [0.2, 0.25) is 0 Å². The number of thioether (sulfide) groups is 1. The van der Waals surface area contributed by atoms with Crippen LogP contribution in [0.15, 0.2) is 53.4 Å². The Hall–Kier alpha value is -2.27. The third kappa shape index (κ3) is 6.71. The third-order valence-corrected chi connectivity index (χ3v) is 5.53. The number of benzene rings is 2. The molecule has 5 heteroatoms. The van der Waals surface area contributed by atoms with Gasteiger partial charge in [0.25, 0.3) is 0 Å². The van der Waals surface area contributed by atoms with Crippen LogP contribution in [0.5, 0.6) is 0 Å². The minimum absolute atomic E-state index is 0.0359. The molecule has 0 aromatic heterocycles. The molecule has 0 aliphatic rings. The largest absolute Gasteiger partial charge is 0.354 e. The number of aryl methyl sites for hydroxylation is 2. The molecule has 2 aromatic carbocycles. The third-order valence-electron chi connectivity index (χ3n) is 4.54. The quantitative estimate of drug-likeness (QED) is 0.639. The zero-order valence-electron chi connectivity index (χ0n) is 17.2. The summed E-state index contributed by atoms with van der Waals surface area (Å²) in [7, 11) is 0. The highest BCUT2D eigenvalue weighted by molar-refractivity contribution is 8.00. The van der Waals surface area contributed by atoms with Gasteiger partial charge in [0.1, 0.15) is 6.04 Å². The summed E-state index contributed by atoms with van der Waals surface area (Å²) in [5.74, 6) is 0.162. The number of carbonyl (C=O) groups excluding carboxylic acids is 2. The SMILES string of the molecule is CCCNC(=O)[C@H](C)N(Cc1cccc(C)c1)C(=O)CSc1ccc(C)cc1. The minimum Gasteiger partial charge on any atom is -0.354 e. The van der Waals surface area contributed by atoms with Gasteiger partial charge in [-0.15, -0.1) is 11.8 Å². The molecule has 0 saturated carbocycles. The van der Waals surface area contributed by atoms with E-state index in [9.17, 15) is 9.59 Å². The lowest BCUT2D eigenvalue weighted by Crippen LogP contribution is -2.48. The molecule has 28 heavy (non-hydrogen) atoms. The maximum absolute atomic E-state index is 13.0. The fourth-order valence-electron chi connectivity index (χ4n) is 2.85. The second-order valence-corrected chi connectivity index (χ2v) is 8.13. The molecule has 0 fully saturated rings. The van der Waals surface area contributed by atoms with E-state index in [-0.39, 0.29) is 11.8 Å². The molecule has 0 heterocycles. The smallest absolute Gasteiger partial charge is 0.242 e. The summed E-state index contributed by atoms with van der Waals surface area (Å²) >= 11 is 1.50. The first-order chi connectivity index (χ1) is 13.4. The van der Waals surface area contributed by atoms with Crippen LogP contribution in [0.25, 0.3) is 0 Å². The van der Waals surface area contributed by atoms with Gasteiger partial charge in [0.2, 0.25) is 11.8 Å². The predicted molar refractivity (Wildman–Crippen MR) is 116 cm³/mol. The van der Waals surface area contributed by atoms with Crippen LogP contribution < -0.4 is 5.32 Å². The molecule has 2 amide bonds. The first-order valence-electron chi connectivity index (χ1n) is 9.73. The van der Waals surface area contributed by atoms with Gasteiger partial charge in [0, 0.05) is 18.0 Å². The monoisotopic (exact) mass is 398 g/mol. The summed E-state index contributed by atoms with van der Waals surface area (Å²) in [6.45, 7) is 8.93. The van der Waals surface area contributed by atoms with Crippen LogP contribution in [0.4, 0.5) is 0 Å². The average molecular weight is 399 g/mol. The molecule has 150 valence electrons. The van der Waals surface area contributed by atoms with Gasteiger partial charge in [-0.3, -0.25) is 9.59 Å². The van der Waals surface area contributed by atoms with Gasteiger partial charge >= 0.3 is 0 Å². The molecule has 4 nitrogen and oxygen atoms in total. The maximum Gasteiger partial charge on any atom is 0.242 e. The lowest BCUT2D eigenvalue weighted by Gasteiger charge is -2.29. The van der Waals surface area contributed by atoms with Crippen LogP contribution >= 0.6 is 11.8 Å². The van der Waals surface area contributed by atoms with Crippen LogP contribution in [-0.4, -0.2) is 35.1 Å². The van der Waals surface area contributed by atoms with E-state index in [2.05, 4.69) is 11.4 Å². The van der Waals surface area contributed by atoms with E-state index in [0.29, 0.717) is 18.8 Å². The molecule has 0 spiro atoms. The highest BCUT2D eigenvalue weighted by atomic mass is 32.2. The van der Waals surface area contributed by atoms with E-state index in [1.165, 1.54) is 17.3 Å². The number of carbonyl (C=O) groups is 2. The van der Waals surface area contributed by atoms with Crippen LogP contribution in [0, 0.1) is 13.8 Å². The summed E-state index contributed by atoms with van der Waals surface area (Å²) in [5, 5.41) is 2.91. The van der Waals surface area contributed by atoms with Crippen LogP contribution in [0.1, 0.15) is 37.0 Å². The van der Waals surface area contributed by atoms with Gasteiger partial charge < -0.3 is 10.2 Å². The van der Waals surface area contributed by atoms with E-state index in [1.54, 1.807) is 11.8 Å². The van der Waals surface area contributed by atoms with Crippen molar-refractivity contribution in [3.05, 3.63) is 65.2 Å². The molecule has 2 rings (SSSR count). The zero-order chi connectivity index (χ0) is 20.5. The summed E-state index contributed by atoms with van der Waals surface area (Å²) in [4.78, 5) is 28.3. The molecular formula is C23H30N2O2S. The van der Waals surface area contributed by atoms with Crippen molar-refractivity contribution in [2.45, 2.75) is 51.6 Å². The van der Waals surface area contributed by atoms with Crippen LogP contribution in [-0.2, 0) is 16.1 Å². The molecule has 1 N–H and O–H groups in total. The zero-order valence-corrected chi connectivity index (χ0v) is 18.0. The van der Waals surface area contributed by atoms with Crippen molar-refractivity contribution in [3.8, 4) is 0 Å². The lowest BCUT2D eigenvalue weighted by molar-refractivity contribution is -0.138. The fraction of sp³-hybridized carbons (Fsp3) is 0.391. The Labute approximate surface area is 172 Å².